The molecule has 1 aromatic heterocycles. The Labute approximate surface area is 144 Å². The number of amides is 1. The van der Waals surface area contributed by atoms with Gasteiger partial charge in [0.05, 0.1) is 0 Å². The van der Waals surface area contributed by atoms with E-state index < -0.39 is 5.60 Å². The Bertz CT molecular complexity index is 507. The van der Waals surface area contributed by atoms with Gasteiger partial charge < -0.3 is 15.0 Å². The molecular formula is C18H30N2O2S. The maximum Gasteiger partial charge on any atom is 0.410 e. The van der Waals surface area contributed by atoms with Crippen molar-refractivity contribution < 1.29 is 9.53 Å². The number of thiophene rings is 1. The summed E-state index contributed by atoms with van der Waals surface area (Å²) in [6, 6.07) is 4.76. The molecule has 1 aromatic rings. The Morgan fingerprint density at radius 1 is 1.35 bits per heavy atom. The number of hydrogen-bond donors (Lipinski definition) is 1. The summed E-state index contributed by atoms with van der Waals surface area (Å²) in [4.78, 5) is 17.0. The third kappa shape index (κ3) is 6.15. The highest BCUT2D eigenvalue weighted by molar-refractivity contribution is 7.11. The van der Waals surface area contributed by atoms with Gasteiger partial charge in [-0.05, 0) is 52.2 Å². The molecule has 0 bridgehead atoms. The van der Waals surface area contributed by atoms with Crippen molar-refractivity contribution in [1.29, 1.82) is 0 Å². The molecule has 0 spiro atoms. The molecule has 1 aliphatic heterocycles. The van der Waals surface area contributed by atoms with Crippen LogP contribution < -0.4 is 5.32 Å². The fourth-order valence-corrected chi connectivity index (χ4v) is 3.66. The fourth-order valence-electron chi connectivity index (χ4n) is 2.75. The van der Waals surface area contributed by atoms with Crippen LogP contribution in [-0.4, -0.2) is 35.7 Å². The van der Waals surface area contributed by atoms with Crippen LogP contribution in [0.5, 0.6) is 0 Å². The topological polar surface area (TPSA) is 41.6 Å². The number of nitrogens with zero attached hydrogens (tertiary/aromatic N) is 1. The number of nitrogens with one attached hydrogen (secondary N) is 1. The molecule has 4 nitrogen and oxygen atoms in total. The molecule has 1 N–H and O–H groups in total. The molecule has 0 radical (unpaired) electrons. The second-order valence-corrected chi connectivity index (χ2v) is 8.47. The van der Waals surface area contributed by atoms with E-state index in [0.29, 0.717) is 6.04 Å². The molecule has 0 aliphatic carbocycles. The molecule has 1 fully saturated rings. The lowest BCUT2D eigenvalue weighted by atomic mass is 10.1. The van der Waals surface area contributed by atoms with Crippen LogP contribution in [0.2, 0.25) is 0 Å². The van der Waals surface area contributed by atoms with Crippen molar-refractivity contribution in [3.8, 4) is 0 Å². The average Bonchev–Trinajstić information content (AvgIpc) is 2.80. The molecule has 1 saturated heterocycles. The maximum atomic E-state index is 12.3. The van der Waals surface area contributed by atoms with Crippen molar-refractivity contribution in [2.24, 2.45) is 0 Å². The number of rotatable bonds is 4. The minimum absolute atomic E-state index is 0.185. The Balaban J connectivity index is 1.87. The molecule has 5 heteroatoms. The summed E-state index contributed by atoms with van der Waals surface area (Å²) >= 11 is 1.87. The Hall–Kier alpha value is -1.07. The van der Waals surface area contributed by atoms with Gasteiger partial charge in [0, 0.05) is 35.4 Å². The van der Waals surface area contributed by atoms with Crippen LogP contribution in [0.3, 0.4) is 0 Å². The molecule has 0 aromatic carbocycles. The normalized spacial score (nSPS) is 19.5. The first-order valence-electron chi connectivity index (χ1n) is 8.66. The van der Waals surface area contributed by atoms with Crippen molar-refractivity contribution in [3.63, 3.8) is 0 Å². The number of likely N-dealkylation sites (tertiary alicyclic amines) is 1. The van der Waals surface area contributed by atoms with E-state index in [1.165, 1.54) is 9.75 Å². The van der Waals surface area contributed by atoms with E-state index in [0.717, 1.165) is 45.3 Å². The van der Waals surface area contributed by atoms with E-state index in [-0.39, 0.29) is 6.09 Å². The van der Waals surface area contributed by atoms with Crippen LogP contribution in [0.4, 0.5) is 4.79 Å². The second-order valence-electron chi connectivity index (χ2n) is 7.22. The minimum Gasteiger partial charge on any atom is -0.444 e. The van der Waals surface area contributed by atoms with E-state index in [9.17, 15) is 4.79 Å². The highest BCUT2D eigenvalue weighted by Crippen LogP contribution is 2.19. The molecule has 2 rings (SSSR count). The molecule has 1 aliphatic rings. The first-order chi connectivity index (χ1) is 10.9. The van der Waals surface area contributed by atoms with Gasteiger partial charge in [-0.3, -0.25) is 0 Å². The SMILES string of the molecule is CCc1ccc(CNC2CCCCN(C(=O)OC(C)(C)C)C2)s1. The Morgan fingerprint density at radius 2 is 2.09 bits per heavy atom. The third-order valence-electron chi connectivity index (χ3n) is 3.95. The summed E-state index contributed by atoms with van der Waals surface area (Å²) in [5.41, 5.74) is -0.431. The van der Waals surface area contributed by atoms with Gasteiger partial charge >= 0.3 is 6.09 Å². The largest absolute Gasteiger partial charge is 0.444 e. The fraction of sp³-hybridized carbons (Fsp3) is 0.722. The van der Waals surface area contributed by atoms with Crippen LogP contribution >= 0.6 is 11.3 Å². The van der Waals surface area contributed by atoms with Crippen LogP contribution in [0, 0.1) is 0 Å². The van der Waals surface area contributed by atoms with E-state index in [1.54, 1.807) is 0 Å². The first kappa shape index (κ1) is 18.3. The molecule has 23 heavy (non-hydrogen) atoms. The molecule has 2 heterocycles. The zero-order chi connectivity index (χ0) is 16.9. The number of carbonyl (C=O) groups is 1. The summed E-state index contributed by atoms with van der Waals surface area (Å²) < 4.78 is 5.52. The second kappa shape index (κ2) is 8.15. The lowest BCUT2D eigenvalue weighted by molar-refractivity contribution is 0.0243. The molecule has 130 valence electrons. The van der Waals surface area contributed by atoms with Crippen molar-refractivity contribution in [1.82, 2.24) is 10.2 Å². The summed E-state index contributed by atoms with van der Waals surface area (Å²) in [5.74, 6) is 0. The van der Waals surface area contributed by atoms with Crippen molar-refractivity contribution in [3.05, 3.63) is 21.9 Å². The summed E-state index contributed by atoms with van der Waals surface area (Å²) in [6.07, 6.45) is 4.24. The summed E-state index contributed by atoms with van der Waals surface area (Å²) in [5, 5.41) is 3.62. The quantitative estimate of drug-likeness (QED) is 0.895. The lowest BCUT2D eigenvalue weighted by Gasteiger charge is -2.28. The van der Waals surface area contributed by atoms with E-state index in [4.69, 9.17) is 4.74 Å². The van der Waals surface area contributed by atoms with Crippen LogP contribution in [0.25, 0.3) is 0 Å². The first-order valence-corrected chi connectivity index (χ1v) is 9.48. The van der Waals surface area contributed by atoms with Gasteiger partial charge in [0.1, 0.15) is 5.60 Å². The predicted molar refractivity (Wildman–Crippen MR) is 96.0 cm³/mol. The van der Waals surface area contributed by atoms with Gasteiger partial charge in [0.2, 0.25) is 0 Å². The zero-order valence-electron chi connectivity index (χ0n) is 14.9. The van der Waals surface area contributed by atoms with Crippen LogP contribution in [0.15, 0.2) is 12.1 Å². The highest BCUT2D eigenvalue weighted by atomic mass is 32.1. The summed E-state index contributed by atoms with van der Waals surface area (Å²) in [7, 11) is 0. The van der Waals surface area contributed by atoms with Gasteiger partial charge in [-0.1, -0.05) is 13.3 Å². The Kier molecular flexibility index (Phi) is 6.48. The molecule has 1 unspecified atom stereocenters. The number of carbonyl (C=O) groups excluding carboxylic acids is 1. The Morgan fingerprint density at radius 3 is 2.74 bits per heavy atom. The summed E-state index contributed by atoms with van der Waals surface area (Å²) in [6.45, 7) is 10.4. The van der Waals surface area contributed by atoms with Gasteiger partial charge in [0.25, 0.3) is 0 Å². The number of ether oxygens (including phenoxy) is 1. The standard InChI is InChI=1S/C18H30N2O2S/c1-5-15-9-10-16(23-15)12-19-14-8-6-7-11-20(13-14)17(21)22-18(2,3)4/h9-10,14,19H,5-8,11-13H2,1-4H3. The predicted octanol–water partition coefficient (Wildman–Crippen LogP) is 4.19. The zero-order valence-corrected chi connectivity index (χ0v) is 15.7. The van der Waals surface area contributed by atoms with Gasteiger partial charge in [-0.15, -0.1) is 11.3 Å². The molecule has 1 amide bonds. The number of aryl methyl sites for hydroxylation is 1. The van der Waals surface area contributed by atoms with Gasteiger partial charge in [-0.2, -0.15) is 0 Å². The van der Waals surface area contributed by atoms with Crippen molar-refractivity contribution in [2.45, 2.75) is 71.6 Å². The van der Waals surface area contributed by atoms with E-state index >= 15 is 0 Å². The van der Waals surface area contributed by atoms with Gasteiger partial charge in [-0.25, -0.2) is 4.79 Å². The minimum atomic E-state index is -0.431. The number of hydrogen-bond acceptors (Lipinski definition) is 4. The average molecular weight is 339 g/mol. The van der Waals surface area contributed by atoms with Crippen molar-refractivity contribution >= 4 is 17.4 Å². The monoisotopic (exact) mass is 338 g/mol. The molecule has 1 atom stereocenters. The molecular weight excluding hydrogens is 308 g/mol. The maximum absolute atomic E-state index is 12.3. The van der Waals surface area contributed by atoms with Crippen LogP contribution in [0.1, 0.15) is 56.7 Å². The van der Waals surface area contributed by atoms with Gasteiger partial charge in [0.15, 0.2) is 0 Å². The van der Waals surface area contributed by atoms with E-state index in [2.05, 4.69) is 24.4 Å². The van der Waals surface area contributed by atoms with E-state index in [1.807, 2.05) is 37.0 Å². The smallest absolute Gasteiger partial charge is 0.410 e. The van der Waals surface area contributed by atoms with Crippen molar-refractivity contribution in [2.75, 3.05) is 13.1 Å². The van der Waals surface area contributed by atoms with Crippen LogP contribution in [-0.2, 0) is 17.7 Å². The lowest BCUT2D eigenvalue weighted by Crippen LogP contribution is -2.44. The highest BCUT2D eigenvalue weighted by Gasteiger charge is 2.26. The molecule has 0 saturated carbocycles. The third-order valence-corrected chi connectivity index (χ3v) is 5.18.